The van der Waals surface area contributed by atoms with Gasteiger partial charge in [0.1, 0.15) is 0 Å². The lowest BCUT2D eigenvalue weighted by Crippen LogP contribution is -2.49. The molecule has 2 N–H and O–H groups in total. The smallest absolute Gasteiger partial charge is 0.0355 e. The Hall–Kier alpha value is -0.600. The van der Waals surface area contributed by atoms with E-state index in [1.54, 1.807) is 5.57 Å². The Morgan fingerprint density at radius 3 is 2.67 bits per heavy atom. The summed E-state index contributed by atoms with van der Waals surface area (Å²) in [4.78, 5) is 2.60. The lowest BCUT2D eigenvalue weighted by Gasteiger charge is -2.44. The van der Waals surface area contributed by atoms with Crippen LogP contribution in [0.15, 0.2) is 23.3 Å². The third-order valence-electron chi connectivity index (χ3n) is 5.40. The second-order valence-corrected chi connectivity index (χ2v) is 6.65. The molecule has 1 atom stereocenters. The van der Waals surface area contributed by atoms with E-state index < -0.39 is 0 Å². The van der Waals surface area contributed by atoms with Gasteiger partial charge in [-0.15, -0.1) is 0 Å². The van der Waals surface area contributed by atoms with Crippen molar-refractivity contribution in [2.24, 2.45) is 11.1 Å². The van der Waals surface area contributed by atoms with Crippen LogP contribution < -0.4 is 5.73 Å². The van der Waals surface area contributed by atoms with Crippen LogP contribution in [-0.4, -0.2) is 30.1 Å². The van der Waals surface area contributed by atoms with Crippen LogP contribution >= 0.6 is 0 Å². The summed E-state index contributed by atoms with van der Waals surface area (Å²) in [6.07, 6.45) is 10.9. The molecule has 1 fully saturated rings. The zero-order valence-electron chi connectivity index (χ0n) is 11.8. The molecule has 100 valence electrons. The van der Waals surface area contributed by atoms with E-state index in [1.807, 2.05) is 0 Å². The minimum absolute atomic E-state index is 0.304. The van der Waals surface area contributed by atoms with E-state index in [-0.39, 0.29) is 0 Å². The fourth-order valence-corrected chi connectivity index (χ4v) is 4.08. The predicted molar refractivity (Wildman–Crippen MR) is 76.4 cm³/mol. The van der Waals surface area contributed by atoms with Crippen molar-refractivity contribution in [1.82, 2.24) is 4.90 Å². The van der Waals surface area contributed by atoms with Crippen LogP contribution in [0.25, 0.3) is 0 Å². The van der Waals surface area contributed by atoms with Crippen LogP contribution in [0.5, 0.6) is 0 Å². The second-order valence-electron chi connectivity index (χ2n) is 6.65. The van der Waals surface area contributed by atoms with E-state index >= 15 is 0 Å². The summed E-state index contributed by atoms with van der Waals surface area (Å²) >= 11 is 0. The molecule has 3 rings (SSSR count). The summed E-state index contributed by atoms with van der Waals surface area (Å²) in [6, 6.07) is 0.987. The van der Waals surface area contributed by atoms with Crippen molar-refractivity contribution in [2.75, 3.05) is 13.1 Å². The van der Waals surface area contributed by atoms with Crippen LogP contribution in [-0.2, 0) is 0 Å². The fourth-order valence-electron chi connectivity index (χ4n) is 4.08. The molecule has 1 spiro atoms. The van der Waals surface area contributed by atoms with Crippen molar-refractivity contribution in [2.45, 2.75) is 58.0 Å². The summed E-state index contributed by atoms with van der Waals surface area (Å²) in [5.74, 6) is 0. The first kappa shape index (κ1) is 12.4. The average Bonchev–Trinajstić information content (AvgIpc) is 2.64. The van der Waals surface area contributed by atoms with Crippen LogP contribution in [0.2, 0.25) is 0 Å². The van der Waals surface area contributed by atoms with E-state index in [2.05, 4.69) is 30.9 Å². The van der Waals surface area contributed by atoms with Gasteiger partial charge in [-0.3, -0.25) is 0 Å². The number of hydrogen-bond donors (Lipinski definition) is 1. The highest BCUT2D eigenvalue weighted by Gasteiger charge is 2.46. The topological polar surface area (TPSA) is 29.3 Å². The highest BCUT2D eigenvalue weighted by atomic mass is 15.2. The van der Waals surface area contributed by atoms with Crippen molar-refractivity contribution in [3.8, 4) is 0 Å². The normalized spacial score (nSPS) is 31.4. The molecule has 0 bridgehead atoms. The van der Waals surface area contributed by atoms with Crippen molar-refractivity contribution in [1.29, 1.82) is 0 Å². The number of allylic oxidation sites excluding steroid dienone is 2. The molecule has 0 radical (unpaired) electrons. The van der Waals surface area contributed by atoms with Gasteiger partial charge in [0, 0.05) is 12.1 Å². The Morgan fingerprint density at radius 1 is 1.33 bits per heavy atom. The van der Waals surface area contributed by atoms with Crippen molar-refractivity contribution in [3.63, 3.8) is 0 Å². The Bertz CT molecular complexity index is 384. The lowest BCUT2D eigenvalue weighted by molar-refractivity contribution is 0.0786. The molecule has 1 heterocycles. The Balaban J connectivity index is 1.74. The molecule has 2 heteroatoms. The third kappa shape index (κ3) is 1.86. The molecule has 1 unspecified atom stereocenters. The fraction of sp³-hybridized carbons (Fsp3) is 0.750. The largest absolute Gasteiger partial charge is 0.323 e. The minimum Gasteiger partial charge on any atom is -0.323 e. The molecule has 1 saturated heterocycles. The molecular weight excluding hydrogens is 220 g/mol. The van der Waals surface area contributed by atoms with Gasteiger partial charge in [0.25, 0.3) is 0 Å². The van der Waals surface area contributed by atoms with E-state index in [0.29, 0.717) is 17.5 Å². The Labute approximate surface area is 111 Å². The number of rotatable bonds is 1. The third-order valence-corrected chi connectivity index (χ3v) is 5.40. The van der Waals surface area contributed by atoms with Crippen molar-refractivity contribution in [3.05, 3.63) is 23.3 Å². The van der Waals surface area contributed by atoms with E-state index in [4.69, 9.17) is 5.73 Å². The molecule has 0 aromatic rings. The van der Waals surface area contributed by atoms with Crippen molar-refractivity contribution < 1.29 is 0 Å². The molecule has 0 saturated carbocycles. The van der Waals surface area contributed by atoms with Crippen LogP contribution in [0.3, 0.4) is 0 Å². The van der Waals surface area contributed by atoms with E-state index in [9.17, 15) is 0 Å². The summed E-state index contributed by atoms with van der Waals surface area (Å²) in [5, 5.41) is 0. The second kappa shape index (κ2) is 4.50. The summed E-state index contributed by atoms with van der Waals surface area (Å²) in [5.41, 5.74) is 10.1. The maximum Gasteiger partial charge on any atom is 0.0355 e. The highest BCUT2D eigenvalue weighted by molar-refractivity contribution is 5.41. The van der Waals surface area contributed by atoms with Crippen LogP contribution in [0, 0.1) is 5.41 Å². The first-order chi connectivity index (χ1) is 8.62. The van der Waals surface area contributed by atoms with Crippen molar-refractivity contribution >= 4 is 0 Å². The molecule has 0 amide bonds. The summed E-state index contributed by atoms with van der Waals surface area (Å²) in [7, 11) is 0. The number of hydrogen-bond acceptors (Lipinski definition) is 2. The lowest BCUT2D eigenvalue weighted by atomic mass is 9.72. The number of piperidine rings is 1. The number of nitrogens with two attached hydrogens (primary N) is 1. The molecule has 3 aliphatic rings. The molecule has 2 aliphatic carbocycles. The van der Waals surface area contributed by atoms with E-state index in [0.717, 1.165) is 0 Å². The van der Waals surface area contributed by atoms with Crippen LogP contribution in [0.4, 0.5) is 0 Å². The quantitative estimate of drug-likeness (QED) is 0.771. The van der Waals surface area contributed by atoms with Gasteiger partial charge in [-0.05, 0) is 70.0 Å². The van der Waals surface area contributed by atoms with Gasteiger partial charge in [-0.25, -0.2) is 0 Å². The highest BCUT2D eigenvalue weighted by Crippen LogP contribution is 2.50. The summed E-state index contributed by atoms with van der Waals surface area (Å²) in [6.45, 7) is 7.07. The zero-order valence-corrected chi connectivity index (χ0v) is 11.8. The molecule has 18 heavy (non-hydrogen) atoms. The monoisotopic (exact) mass is 246 g/mol. The molecule has 0 aromatic carbocycles. The van der Waals surface area contributed by atoms with Gasteiger partial charge in [0.05, 0.1) is 0 Å². The van der Waals surface area contributed by atoms with Gasteiger partial charge in [0.2, 0.25) is 0 Å². The van der Waals surface area contributed by atoms with Gasteiger partial charge < -0.3 is 10.6 Å². The van der Waals surface area contributed by atoms with Gasteiger partial charge >= 0.3 is 0 Å². The van der Waals surface area contributed by atoms with Gasteiger partial charge in [-0.2, -0.15) is 0 Å². The molecule has 1 aliphatic heterocycles. The minimum atomic E-state index is 0.304. The van der Waals surface area contributed by atoms with Crippen LogP contribution in [0.1, 0.15) is 46.0 Å². The first-order valence-corrected chi connectivity index (χ1v) is 7.50. The first-order valence-electron chi connectivity index (χ1n) is 7.50. The van der Waals surface area contributed by atoms with Gasteiger partial charge in [0.15, 0.2) is 0 Å². The zero-order chi connectivity index (χ0) is 12.8. The summed E-state index contributed by atoms with van der Waals surface area (Å²) < 4.78 is 0. The Morgan fingerprint density at radius 2 is 2.06 bits per heavy atom. The number of nitrogens with zero attached hydrogens (tertiary/aromatic N) is 1. The van der Waals surface area contributed by atoms with E-state index in [1.165, 1.54) is 50.8 Å². The predicted octanol–water partition coefficient (Wildman–Crippen LogP) is 2.85. The van der Waals surface area contributed by atoms with Gasteiger partial charge in [-0.1, -0.05) is 17.7 Å². The molecule has 0 aromatic heterocycles. The standard InChI is InChI=1S/C16H26N2/c1-12(2)18-9-7-16(8-10-18)11-13-5-3-4-6-14(13)15(16)17/h4,6,12,15H,3,5,7-11,17H2,1-2H3. The number of likely N-dealkylation sites (tertiary alicyclic amines) is 1. The SMILES string of the molecule is CC(C)N1CCC2(CC1)CC1=C(C=CCC1)C2N. The molecule has 2 nitrogen and oxygen atoms in total. The maximum atomic E-state index is 6.59. The maximum absolute atomic E-state index is 6.59. The molecular formula is C16H26N2. The average molecular weight is 246 g/mol. The Kier molecular flexibility index (Phi) is 3.11.